The smallest absolute Gasteiger partial charge is 0.312 e. The van der Waals surface area contributed by atoms with Crippen LogP contribution in [0.25, 0.3) is 10.4 Å². The van der Waals surface area contributed by atoms with E-state index in [1.165, 1.54) is 4.31 Å². The number of aromatic nitrogens is 3. The molecule has 4 aromatic rings. The summed E-state index contributed by atoms with van der Waals surface area (Å²) < 4.78 is 42.6. The number of aliphatic carboxylic acids is 1. The first-order valence-corrected chi connectivity index (χ1v) is 16.5. The number of aryl methyl sites for hydroxylation is 1. The third-order valence-electron chi connectivity index (χ3n) is 8.15. The van der Waals surface area contributed by atoms with Crippen LogP contribution < -0.4 is 4.74 Å². The Kier molecular flexibility index (Phi) is 9.96. The van der Waals surface area contributed by atoms with Crippen molar-refractivity contribution in [2.75, 3.05) is 6.54 Å². The van der Waals surface area contributed by atoms with Gasteiger partial charge in [0.2, 0.25) is 10.0 Å². The summed E-state index contributed by atoms with van der Waals surface area (Å²) in [6, 6.07) is 19.7. The zero-order chi connectivity index (χ0) is 33.8. The number of azide groups is 1. The van der Waals surface area contributed by atoms with Gasteiger partial charge in [-0.25, -0.2) is 13.1 Å². The summed E-state index contributed by atoms with van der Waals surface area (Å²) in [5, 5.41) is 22.2. The van der Waals surface area contributed by atoms with E-state index in [9.17, 15) is 18.3 Å². The Bertz CT molecular complexity index is 1900. The summed E-state index contributed by atoms with van der Waals surface area (Å²) in [6.07, 6.45) is 0.470. The highest BCUT2D eigenvalue weighted by atomic mass is 32.2. The number of carbonyl (C=O) groups is 1. The molecule has 47 heavy (non-hydrogen) atoms. The molecule has 14 heteroatoms. The Balaban J connectivity index is 1.36. The topological polar surface area (TPSA) is 173 Å². The number of nitrogens with zero attached hydrogens (tertiary/aromatic N) is 7. The predicted octanol–water partition coefficient (Wildman–Crippen LogP) is 5.79. The van der Waals surface area contributed by atoms with Gasteiger partial charge in [-0.05, 0) is 73.2 Å². The van der Waals surface area contributed by atoms with E-state index >= 15 is 0 Å². The molecule has 246 valence electrons. The molecular weight excluding hydrogens is 622 g/mol. The molecule has 13 nitrogen and oxygen atoms in total. The molecule has 5 rings (SSSR count). The predicted molar refractivity (Wildman–Crippen MR) is 173 cm³/mol. The summed E-state index contributed by atoms with van der Waals surface area (Å²) in [5.74, 6) is -0.725. The van der Waals surface area contributed by atoms with E-state index in [0.29, 0.717) is 23.6 Å². The standard InChI is InChI=1S/C33H37N7O6S/c1-22-9-14-26(15-27(22)19-40-17-23(2)46-29-7-5-6-8-30(29)47(40,43)44)31(33(3,4)32(41)42)45-21-28-20-39(38-36-28)18-25-12-10-24(11-13-25)16-35-37-34/h5-15,20,23,31H,16-19,21H2,1-4H3,(H,41,42)/t23-,31?/m1/s1. The fourth-order valence-corrected chi connectivity index (χ4v) is 7.05. The second kappa shape index (κ2) is 13.9. The van der Waals surface area contributed by atoms with Crippen LogP contribution in [0.1, 0.15) is 60.4 Å². The fourth-order valence-electron chi connectivity index (χ4n) is 5.44. The van der Waals surface area contributed by atoms with Gasteiger partial charge in [0.25, 0.3) is 0 Å². The van der Waals surface area contributed by atoms with Crippen LogP contribution in [0.3, 0.4) is 0 Å². The largest absolute Gasteiger partial charge is 0.488 e. The van der Waals surface area contributed by atoms with Gasteiger partial charge in [-0.15, -0.1) is 5.10 Å². The molecule has 2 heterocycles. The number of benzene rings is 3. The van der Waals surface area contributed by atoms with E-state index in [2.05, 4.69) is 20.3 Å². The van der Waals surface area contributed by atoms with Crippen LogP contribution in [0.15, 0.2) is 82.9 Å². The Hall–Kier alpha value is -4.75. The van der Waals surface area contributed by atoms with E-state index in [4.69, 9.17) is 15.0 Å². The van der Waals surface area contributed by atoms with Crippen LogP contribution in [0.2, 0.25) is 0 Å². The zero-order valence-electron chi connectivity index (χ0n) is 26.6. The van der Waals surface area contributed by atoms with Gasteiger partial charge in [-0.3, -0.25) is 4.79 Å². The van der Waals surface area contributed by atoms with Crippen molar-refractivity contribution in [1.29, 1.82) is 0 Å². The minimum atomic E-state index is -3.87. The van der Waals surface area contributed by atoms with E-state index in [-0.39, 0.29) is 37.2 Å². The maximum Gasteiger partial charge on any atom is 0.312 e. The Labute approximate surface area is 273 Å². The highest BCUT2D eigenvalue weighted by molar-refractivity contribution is 7.89. The van der Waals surface area contributed by atoms with E-state index < -0.39 is 27.5 Å². The third-order valence-corrected chi connectivity index (χ3v) is 10.0. The molecule has 1 N–H and O–H groups in total. The Morgan fingerprint density at radius 3 is 2.60 bits per heavy atom. The number of hydrogen-bond acceptors (Lipinski definition) is 8. The number of carboxylic acids is 1. The Morgan fingerprint density at radius 2 is 1.87 bits per heavy atom. The molecule has 1 unspecified atom stereocenters. The minimum Gasteiger partial charge on any atom is -0.488 e. The first kappa shape index (κ1) is 33.6. The SMILES string of the molecule is Cc1ccc(C(OCc2cn(Cc3ccc(CN=[N+]=[N-])cc3)nn2)C(C)(C)C(=O)O)cc1CN1C[C@@H](C)Oc2ccccc2S1(=O)=O. The highest BCUT2D eigenvalue weighted by Gasteiger charge is 2.40. The molecular formula is C33H37N7O6S. The number of rotatable bonds is 12. The summed E-state index contributed by atoms with van der Waals surface area (Å²) in [7, 11) is -3.87. The molecule has 0 saturated carbocycles. The lowest BCUT2D eigenvalue weighted by atomic mass is 9.81. The van der Waals surface area contributed by atoms with Crippen LogP contribution in [-0.4, -0.2) is 51.4 Å². The van der Waals surface area contributed by atoms with Gasteiger partial charge in [0.05, 0.1) is 44.0 Å². The molecule has 2 atom stereocenters. The molecule has 0 radical (unpaired) electrons. The van der Waals surface area contributed by atoms with Gasteiger partial charge in [-0.2, -0.15) is 4.31 Å². The van der Waals surface area contributed by atoms with Crippen molar-refractivity contribution in [3.8, 4) is 5.75 Å². The lowest BCUT2D eigenvalue weighted by Gasteiger charge is -2.31. The van der Waals surface area contributed by atoms with Crippen LogP contribution in [0, 0.1) is 12.3 Å². The van der Waals surface area contributed by atoms with Gasteiger partial charge < -0.3 is 14.6 Å². The van der Waals surface area contributed by atoms with E-state index in [0.717, 1.165) is 22.3 Å². The average Bonchev–Trinajstić information content (AvgIpc) is 3.45. The highest BCUT2D eigenvalue weighted by Crippen LogP contribution is 2.39. The molecule has 1 aliphatic rings. The van der Waals surface area contributed by atoms with E-state index in [1.807, 2.05) is 56.3 Å². The lowest BCUT2D eigenvalue weighted by molar-refractivity contribution is -0.158. The number of fused-ring (bicyclic) bond motifs is 1. The van der Waals surface area contributed by atoms with Crippen molar-refractivity contribution in [2.45, 2.75) is 71.0 Å². The molecule has 3 aromatic carbocycles. The maximum atomic E-state index is 13.7. The van der Waals surface area contributed by atoms with Crippen molar-refractivity contribution in [1.82, 2.24) is 19.3 Å². The molecule has 0 aliphatic carbocycles. The molecule has 1 aromatic heterocycles. The fraction of sp³-hybridized carbons (Fsp3) is 0.364. The number of carboxylic acid groups (broad SMARTS) is 1. The Morgan fingerprint density at radius 1 is 1.15 bits per heavy atom. The normalized spacial score (nSPS) is 16.7. The van der Waals surface area contributed by atoms with Crippen molar-refractivity contribution in [3.63, 3.8) is 0 Å². The average molecular weight is 660 g/mol. The van der Waals surface area contributed by atoms with Crippen molar-refractivity contribution in [2.24, 2.45) is 10.5 Å². The van der Waals surface area contributed by atoms with Crippen molar-refractivity contribution < 1.29 is 27.8 Å². The maximum absolute atomic E-state index is 13.7. The summed E-state index contributed by atoms with van der Waals surface area (Å²) in [6.45, 7) is 7.86. The van der Waals surface area contributed by atoms with Crippen LogP contribution in [0.5, 0.6) is 5.75 Å². The number of para-hydroxylation sites is 1. The van der Waals surface area contributed by atoms with Gasteiger partial charge in [0, 0.05) is 11.5 Å². The van der Waals surface area contributed by atoms with Crippen LogP contribution in [0.4, 0.5) is 0 Å². The third kappa shape index (κ3) is 7.63. The summed E-state index contributed by atoms with van der Waals surface area (Å²) >= 11 is 0. The van der Waals surface area contributed by atoms with Gasteiger partial charge in [-0.1, -0.05) is 64.9 Å². The lowest BCUT2D eigenvalue weighted by Crippen LogP contribution is -2.36. The van der Waals surface area contributed by atoms with E-state index in [1.54, 1.807) is 49.0 Å². The number of ether oxygens (including phenoxy) is 2. The second-order valence-electron chi connectivity index (χ2n) is 12.2. The molecule has 0 bridgehead atoms. The molecule has 0 saturated heterocycles. The zero-order valence-corrected chi connectivity index (χ0v) is 27.5. The molecule has 1 aliphatic heterocycles. The summed E-state index contributed by atoms with van der Waals surface area (Å²) in [4.78, 5) is 15.3. The molecule has 0 fully saturated rings. The van der Waals surface area contributed by atoms with Gasteiger partial charge in [0.1, 0.15) is 22.4 Å². The first-order chi connectivity index (χ1) is 22.4. The number of hydrogen-bond donors (Lipinski definition) is 1. The number of sulfonamides is 1. The molecule has 0 amide bonds. The van der Waals surface area contributed by atoms with Crippen LogP contribution in [-0.2, 0) is 45.8 Å². The quantitative estimate of drug-likeness (QED) is 0.113. The second-order valence-corrected chi connectivity index (χ2v) is 14.1. The first-order valence-electron chi connectivity index (χ1n) is 15.1. The van der Waals surface area contributed by atoms with Gasteiger partial charge in [0.15, 0.2) is 0 Å². The van der Waals surface area contributed by atoms with Crippen molar-refractivity contribution in [3.05, 3.63) is 117 Å². The van der Waals surface area contributed by atoms with Gasteiger partial charge >= 0.3 is 5.97 Å². The van der Waals surface area contributed by atoms with Crippen molar-refractivity contribution >= 4 is 16.0 Å². The summed E-state index contributed by atoms with van der Waals surface area (Å²) in [5.41, 5.74) is 11.7. The minimum absolute atomic E-state index is 0.00182. The monoisotopic (exact) mass is 659 g/mol. The molecule has 0 spiro atoms. The van der Waals surface area contributed by atoms with Crippen LogP contribution >= 0.6 is 0 Å².